The molecule has 1 nitrogen and oxygen atoms in total. The van der Waals surface area contributed by atoms with E-state index in [2.05, 4.69) is 0 Å². The molecule has 11 heavy (non-hydrogen) atoms. The van der Waals surface area contributed by atoms with Gasteiger partial charge in [-0.05, 0) is 6.07 Å². The Morgan fingerprint density at radius 3 is 2.55 bits per heavy atom. The quantitative estimate of drug-likeness (QED) is 0.775. The van der Waals surface area contributed by atoms with Gasteiger partial charge >= 0.3 is 0 Å². The average Bonchev–Trinajstić information content (AvgIpc) is 2.34. The summed E-state index contributed by atoms with van der Waals surface area (Å²) < 4.78 is 23.9. The number of thiophene rings is 1. The molecular weight excluding hydrogens is 192 g/mol. The Kier molecular flexibility index (Phi) is 2.81. The molecule has 2 N–H and O–H groups in total. The molecule has 0 bridgehead atoms. The number of hydrogen-bond acceptors (Lipinski definition) is 2. The minimum Gasteiger partial charge on any atom is -0.319 e. The van der Waals surface area contributed by atoms with Crippen molar-refractivity contribution >= 4 is 22.9 Å². The maximum Gasteiger partial charge on any atom is 0.258 e. The molecule has 5 heteroatoms. The van der Waals surface area contributed by atoms with Gasteiger partial charge in [0.15, 0.2) is 0 Å². The van der Waals surface area contributed by atoms with Crippen LogP contribution in [-0.2, 0) is 0 Å². The highest BCUT2D eigenvalue weighted by atomic mass is 35.5. The molecule has 1 atom stereocenters. The first-order valence-electron chi connectivity index (χ1n) is 2.89. The number of hydrogen-bond donors (Lipinski definition) is 1. The fourth-order valence-corrected chi connectivity index (χ4v) is 1.71. The van der Waals surface area contributed by atoms with E-state index in [-0.39, 0.29) is 0 Å². The molecule has 62 valence electrons. The molecule has 0 spiro atoms. The number of halogens is 3. The van der Waals surface area contributed by atoms with E-state index in [1.165, 1.54) is 6.07 Å². The topological polar surface area (TPSA) is 26.0 Å². The van der Waals surface area contributed by atoms with Crippen LogP contribution in [0.15, 0.2) is 11.4 Å². The van der Waals surface area contributed by atoms with E-state index in [9.17, 15) is 8.78 Å². The lowest BCUT2D eigenvalue weighted by atomic mass is 10.3. The largest absolute Gasteiger partial charge is 0.319 e. The summed E-state index contributed by atoms with van der Waals surface area (Å²) in [6.07, 6.45) is -2.52. The molecule has 1 rings (SSSR count). The van der Waals surface area contributed by atoms with Crippen LogP contribution >= 0.6 is 22.9 Å². The summed E-state index contributed by atoms with van der Waals surface area (Å²) in [6.45, 7) is 0. The maximum absolute atomic E-state index is 12.0. The van der Waals surface area contributed by atoms with Gasteiger partial charge in [-0.25, -0.2) is 8.78 Å². The van der Waals surface area contributed by atoms with E-state index < -0.39 is 12.5 Å². The Morgan fingerprint density at radius 1 is 1.55 bits per heavy atom. The van der Waals surface area contributed by atoms with Gasteiger partial charge in [-0.15, -0.1) is 11.3 Å². The van der Waals surface area contributed by atoms with Gasteiger partial charge in [0.05, 0.1) is 5.02 Å². The van der Waals surface area contributed by atoms with Crippen molar-refractivity contribution in [3.63, 3.8) is 0 Å². The van der Waals surface area contributed by atoms with Crippen LogP contribution in [0.1, 0.15) is 10.9 Å². The van der Waals surface area contributed by atoms with Gasteiger partial charge < -0.3 is 5.73 Å². The second-order valence-electron chi connectivity index (χ2n) is 2.03. The second-order valence-corrected chi connectivity index (χ2v) is 3.41. The summed E-state index contributed by atoms with van der Waals surface area (Å²) in [5, 5.41) is 2.04. The first-order valence-corrected chi connectivity index (χ1v) is 4.14. The smallest absolute Gasteiger partial charge is 0.258 e. The van der Waals surface area contributed by atoms with Crippen LogP contribution in [0.2, 0.25) is 5.02 Å². The zero-order valence-corrected chi connectivity index (χ0v) is 7.00. The van der Waals surface area contributed by atoms with Crippen LogP contribution in [0.25, 0.3) is 0 Å². The summed E-state index contributed by atoms with van der Waals surface area (Å²) in [5.41, 5.74) is 5.15. The molecule has 0 aliphatic heterocycles. The molecule has 1 heterocycles. The summed E-state index contributed by atoms with van der Waals surface area (Å²) in [7, 11) is 0. The van der Waals surface area contributed by atoms with Gasteiger partial charge in [-0.2, -0.15) is 0 Å². The third-order valence-corrected chi connectivity index (χ3v) is 2.57. The Hall–Kier alpha value is -0.190. The zero-order valence-electron chi connectivity index (χ0n) is 5.43. The predicted molar refractivity (Wildman–Crippen MR) is 42.3 cm³/mol. The summed E-state index contributed by atoms with van der Waals surface area (Å²) in [5.74, 6) is 0. The van der Waals surface area contributed by atoms with Crippen LogP contribution in [0.5, 0.6) is 0 Å². The van der Waals surface area contributed by atoms with Crippen molar-refractivity contribution < 1.29 is 8.78 Å². The van der Waals surface area contributed by atoms with Gasteiger partial charge in [0.25, 0.3) is 6.43 Å². The van der Waals surface area contributed by atoms with Crippen LogP contribution in [0.3, 0.4) is 0 Å². The molecule has 1 aromatic rings. The average molecular weight is 198 g/mol. The lowest BCUT2D eigenvalue weighted by Crippen LogP contribution is -2.17. The van der Waals surface area contributed by atoms with E-state index >= 15 is 0 Å². The molecule has 0 saturated carbocycles. The minimum atomic E-state index is -2.52. The standard InChI is InChI=1S/C6H6ClF2NS/c7-3-1-4(11-2-3)5(10)6(8)9/h1-2,5-6H,10H2. The van der Waals surface area contributed by atoms with Gasteiger partial charge in [-0.1, -0.05) is 11.6 Å². The molecule has 1 unspecified atom stereocenters. The lowest BCUT2D eigenvalue weighted by molar-refractivity contribution is 0.118. The van der Waals surface area contributed by atoms with Gasteiger partial charge in [-0.3, -0.25) is 0 Å². The third-order valence-electron chi connectivity index (χ3n) is 1.19. The highest BCUT2D eigenvalue weighted by Crippen LogP contribution is 2.27. The van der Waals surface area contributed by atoms with E-state index in [1.807, 2.05) is 0 Å². The Morgan fingerprint density at radius 2 is 2.18 bits per heavy atom. The fraction of sp³-hybridized carbons (Fsp3) is 0.333. The second kappa shape index (κ2) is 3.47. The highest BCUT2D eigenvalue weighted by molar-refractivity contribution is 7.10. The zero-order chi connectivity index (χ0) is 8.43. The third kappa shape index (κ3) is 2.12. The Labute approximate surface area is 71.8 Å². The van der Waals surface area contributed by atoms with Crippen molar-refractivity contribution in [3.05, 3.63) is 21.3 Å². The van der Waals surface area contributed by atoms with Crippen molar-refractivity contribution in [2.75, 3.05) is 0 Å². The summed E-state index contributed by atoms with van der Waals surface area (Å²) in [6, 6.07) is 0.260. The van der Waals surface area contributed by atoms with Gasteiger partial charge in [0.1, 0.15) is 6.04 Å². The monoisotopic (exact) mass is 197 g/mol. The summed E-state index contributed by atoms with van der Waals surface area (Å²) >= 11 is 6.67. The molecule has 0 aliphatic carbocycles. The minimum absolute atomic E-state index is 0.421. The SMILES string of the molecule is NC(c1cc(Cl)cs1)C(F)F. The number of alkyl halides is 2. The molecule has 0 fully saturated rings. The molecule has 0 aromatic carbocycles. The van der Waals surface area contributed by atoms with Crippen molar-refractivity contribution in [1.82, 2.24) is 0 Å². The first-order chi connectivity index (χ1) is 5.11. The molecule has 0 aliphatic rings. The molecule has 1 aromatic heterocycles. The Balaban J connectivity index is 2.76. The van der Waals surface area contributed by atoms with E-state index in [1.54, 1.807) is 5.38 Å². The number of rotatable bonds is 2. The molecule has 0 radical (unpaired) electrons. The molecule has 0 amide bonds. The van der Waals surface area contributed by atoms with Crippen molar-refractivity contribution in [1.29, 1.82) is 0 Å². The number of nitrogens with two attached hydrogens (primary N) is 1. The Bertz CT molecular complexity index is 238. The van der Waals surface area contributed by atoms with Crippen molar-refractivity contribution in [3.8, 4) is 0 Å². The first kappa shape index (κ1) is 8.90. The molecule has 0 saturated heterocycles. The van der Waals surface area contributed by atoms with E-state index in [0.717, 1.165) is 11.3 Å². The summed E-state index contributed by atoms with van der Waals surface area (Å²) in [4.78, 5) is 0.421. The highest BCUT2D eigenvalue weighted by Gasteiger charge is 2.18. The molecular formula is C6H6ClF2NS. The van der Waals surface area contributed by atoms with Crippen LogP contribution in [0.4, 0.5) is 8.78 Å². The van der Waals surface area contributed by atoms with E-state index in [4.69, 9.17) is 17.3 Å². The predicted octanol–water partition coefficient (Wildman–Crippen LogP) is 2.67. The van der Waals surface area contributed by atoms with Crippen LogP contribution < -0.4 is 5.73 Å². The lowest BCUT2D eigenvalue weighted by Gasteiger charge is -2.05. The maximum atomic E-state index is 12.0. The van der Waals surface area contributed by atoms with Crippen LogP contribution in [-0.4, -0.2) is 6.43 Å². The van der Waals surface area contributed by atoms with Gasteiger partial charge in [0, 0.05) is 10.3 Å². The normalized spacial score (nSPS) is 13.9. The van der Waals surface area contributed by atoms with Crippen molar-refractivity contribution in [2.24, 2.45) is 5.73 Å². The van der Waals surface area contributed by atoms with Crippen LogP contribution in [0, 0.1) is 0 Å². The fourth-order valence-electron chi connectivity index (χ4n) is 0.627. The van der Waals surface area contributed by atoms with Crippen molar-refractivity contribution in [2.45, 2.75) is 12.5 Å². The van der Waals surface area contributed by atoms with Gasteiger partial charge in [0.2, 0.25) is 0 Å². The van der Waals surface area contributed by atoms with E-state index in [0.29, 0.717) is 9.90 Å².